The van der Waals surface area contributed by atoms with Gasteiger partial charge in [-0.05, 0) is 18.9 Å². The van der Waals surface area contributed by atoms with Gasteiger partial charge in [-0.25, -0.2) is 4.79 Å². The zero-order valence-corrected chi connectivity index (χ0v) is 15.2. The fourth-order valence-electron chi connectivity index (χ4n) is 2.08. The van der Waals surface area contributed by atoms with Crippen LogP contribution in [0, 0.1) is 0 Å². The van der Waals surface area contributed by atoms with Crippen LogP contribution in [0.4, 0.5) is 4.79 Å². The summed E-state index contributed by atoms with van der Waals surface area (Å²) in [7, 11) is 0. The quantitative estimate of drug-likeness (QED) is 0.605. The van der Waals surface area contributed by atoms with Crippen LogP contribution in [0.15, 0.2) is 30.3 Å². The van der Waals surface area contributed by atoms with Crippen molar-refractivity contribution in [1.29, 1.82) is 0 Å². The van der Waals surface area contributed by atoms with Crippen LogP contribution in [0.25, 0.3) is 0 Å². The number of carbonyl (C=O) groups excluding carboxylic acids is 4. The van der Waals surface area contributed by atoms with Crippen molar-refractivity contribution < 1.29 is 23.9 Å². The van der Waals surface area contributed by atoms with Gasteiger partial charge >= 0.3 is 12.0 Å². The van der Waals surface area contributed by atoms with Gasteiger partial charge in [-0.1, -0.05) is 37.3 Å². The van der Waals surface area contributed by atoms with E-state index in [2.05, 4.69) is 16.0 Å². The Balaban J connectivity index is 2.49. The van der Waals surface area contributed by atoms with Crippen molar-refractivity contribution in [2.75, 3.05) is 6.61 Å². The fourth-order valence-corrected chi connectivity index (χ4v) is 2.08. The van der Waals surface area contributed by atoms with Crippen molar-refractivity contribution in [1.82, 2.24) is 16.0 Å². The highest BCUT2D eigenvalue weighted by atomic mass is 16.5. The van der Waals surface area contributed by atoms with Gasteiger partial charge in [-0.2, -0.15) is 0 Å². The molecule has 4 amide bonds. The monoisotopic (exact) mass is 363 g/mol. The molecule has 2 atom stereocenters. The lowest BCUT2D eigenvalue weighted by Crippen LogP contribution is -2.44. The number of nitrogens with one attached hydrogen (secondary N) is 3. The molecule has 1 rings (SSSR count). The molecule has 1 aromatic carbocycles. The predicted octanol–water partition coefficient (Wildman–Crippen LogP) is 1.42. The molecular weight excluding hydrogens is 338 g/mol. The third-order valence-electron chi connectivity index (χ3n) is 3.56. The molecule has 142 valence electrons. The number of amides is 4. The van der Waals surface area contributed by atoms with Gasteiger partial charge in [0, 0.05) is 13.0 Å². The Kier molecular flexibility index (Phi) is 8.83. The molecular formula is C18H25N3O5. The van der Waals surface area contributed by atoms with Crippen molar-refractivity contribution in [2.24, 2.45) is 0 Å². The Hall–Kier alpha value is -2.90. The Morgan fingerprint density at radius 1 is 1.08 bits per heavy atom. The van der Waals surface area contributed by atoms with E-state index in [0.717, 1.165) is 12.0 Å². The number of hydrogen-bond donors (Lipinski definition) is 3. The molecule has 3 N–H and O–H groups in total. The molecule has 0 bridgehead atoms. The maximum atomic E-state index is 12.0. The molecule has 1 aromatic rings. The first kappa shape index (κ1) is 21.1. The number of benzene rings is 1. The Morgan fingerprint density at radius 2 is 1.73 bits per heavy atom. The SMILES string of the molecule is CC[C@H](C)NC(=O)NC(=O)COC(=O)C[C@@H](NC(C)=O)c1ccccc1. The lowest BCUT2D eigenvalue weighted by atomic mass is 10.0. The van der Waals surface area contributed by atoms with E-state index in [1.807, 2.05) is 13.0 Å². The van der Waals surface area contributed by atoms with Gasteiger partial charge < -0.3 is 15.4 Å². The van der Waals surface area contributed by atoms with Gasteiger partial charge in [0.1, 0.15) is 0 Å². The molecule has 0 heterocycles. The average molecular weight is 363 g/mol. The van der Waals surface area contributed by atoms with Crippen LogP contribution in [0.2, 0.25) is 0 Å². The van der Waals surface area contributed by atoms with E-state index in [-0.39, 0.29) is 18.4 Å². The smallest absolute Gasteiger partial charge is 0.321 e. The number of rotatable bonds is 8. The van der Waals surface area contributed by atoms with Gasteiger partial charge in [0.2, 0.25) is 5.91 Å². The van der Waals surface area contributed by atoms with Crippen molar-refractivity contribution in [3.05, 3.63) is 35.9 Å². The lowest BCUT2D eigenvalue weighted by molar-refractivity contribution is -0.148. The van der Waals surface area contributed by atoms with Crippen LogP contribution in [0.1, 0.15) is 45.2 Å². The minimum atomic E-state index is -0.727. The van der Waals surface area contributed by atoms with Crippen molar-refractivity contribution in [2.45, 2.75) is 45.7 Å². The van der Waals surface area contributed by atoms with Crippen molar-refractivity contribution in [3.8, 4) is 0 Å². The zero-order valence-electron chi connectivity index (χ0n) is 15.2. The largest absolute Gasteiger partial charge is 0.455 e. The number of esters is 1. The summed E-state index contributed by atoms with van der Waals surface area (Å²) in [4.78, 5) is 46.5. The van der Waals surface area contributed by atoms with Crippen LogP contribution < -0.4 is 16.0 Å². The van der Waals surface area contributed by atoms with Gasteiger partial charge in [0.15, 0.2) is 6.61 Å². The summed E-state index contributed by atoms with van der Waals surface area (Å²) >= 11 is 0. The van der Waals surface area contributed by atoms with Gasteiger partial charge in [0.25, 0.3) is 5.91 Å². The second kappa shape index (κ2) is 10.9. The summed E-state index contributed by atoms with van der Waals surface area (Å²) in [6.45, 7) is 4.47. The standard InChI is InChI=1S/C18H25N3O5/c1-4-12(2)19-18(25)21-16(23)11-26-17(24)10-15(20-13(3)22)14-8-6-5-7-9-14/h5-9,12,15H,4,10-11H2,1-3H3,(H,20,22)(H2,19,21,23,25)/t12-,15+/m0/s1. The molecule has 0 aliphatic heterocycles. The highest BCUT2D eigenvalue weighted by Crippen LogP contribution is 2.17. The highest BCUT2D eigenvalue weighted by molar-refractivity contribution is 5.95. The Morgan fingerprint density at radius 3 is 2.31 bits per heavy atom. The molecule has 0 radical (unpaired) electrons. The number of ether oxygens (including phenoxy) is 1. The summed E-state index contributed by atoms with van der Waals surface area (Å²) in [5.74, 6) is -1.67. The van der Waals surface area contributed by atoms with E-state index < -0.39 is 30.6 Å². The van der Waals surface area contributed by atoms with E-state index in [1.165, 1.54) is 6.92 Å². The third-order valence-corrected chi connectivity index (χ3v) is 3.56. The maximum absolute atomic E-state index is 12.0. The number of imide groups is 1. The molecule has 0 spiro atoms. The fraction of sp³-hybridized carbons (Fsp3) is 0.444. The Labute approximate surface area is 152 Å². The van der Waals surface area contributed by atoms with E-state index >= 15 is 0 Å². The number of carbonyl (C=O) groups is 4. The van der Waals surface area contributed by atoms with E-state index in [9.17, 15) is 19.2 Å². The van der Waals surface area contributed by atoms with E-state index in [0.29, 0.717) is 0 Å². The molecule has 0 aliphatic rings. The first-order chi connectivity index (χ1) is 12.3. The first-order valence-corrected chi connectivity index (χ1v) is 8.39. The first-order valence-electron chi connectivity index (χ1n) is 8.39. The molecule has 8 heteroatoms. The number of urea groups is 1. The second-order valence-corrected chi connectivity index (χ2v) is 5.86. The van der Waals surface area contributed by atoms with Crippen LogP contribution in [-0.2, 0) is 19.1 Å². The molecule has 0 saturated heterocycles. The van der Waals surface area contributed by atoms with Crippen molar-refractivity contribution in [3.63, 3.8) is 0 Å². The molecule has 0 aromatic heterocycles. The topological polar surface area (TPSA) is 114 Å². The summed E-state index contributed by atoms with van der Waals surface area (Å²) in [5.41, 5.74) is 0.747. The second-order valence-electron chi connectivity index (χ2n) is 5.86. The third kappa shape index (κ3) is 8.27. The zero-order chi connectivity index (χ0) is 19.5. The van der Waals surface area contributed by atoms with E-state index in [1.54, 1.807) is 31.2 Å². The van der Waals surface area contributed by atoms with Crippen LogP contribution in [-0.4, -0.2) is 36.5 Å². The van der Waals surface area contributed by atoms with Gasteiger partial charge in [0.05, 0.1) is 12.5 Å². The molecule has 26 heavy (non-hydrogen) atoms. The minimum Gasteiger partial charge on any atom is -0.455 e. The predicted molar refractivity (Wildman–Crippen MR) is 95.0 cm³/mol. The normalized spacial score (nSPS) is 12.4. The summed E-state index contributed by atoms with van der Waals surface area (Å²) < 4.78 is 4.89. The molecule has 0 saturated carbocycles. The van der Waals surface area contributed by atoms with Gasteiger partial charge in [-0.15, -0.1) is 0 Å². The maximum Gasteiger partial charge on any atom is 0.321 e. The number of hydrogen-bond acceptors (Lipinski definition) is 5. The highest BCUT2D eigenvalue weighted by Gasteiger charge is 2.19. The molecule has 8 nitrogen and oxygen atoms in total. The van der Waals surface area contributed by atoms with Crippen LogP contribution >= 0.6 is 0 Å². The van der Waals surface area contributed by atoms with E-state index in [4.69, 9.17) is 4.74 Å². The lowest BCUT2D eigenvalue weighted by Gasteiger charge is -2.17. The summed E-state index contributed by atoms with van der Waals surface area (Å²) in [5, 5.41) is 7.32. The summed E-state index contributed by atoms with van der Waals surface area (Å²) in [6.07, 6.45) is 0.594. The molecule has 0 unspecified atom stereocenters. The average Bonchev–Trinajstić information content (AvgIpc) is 2.59. The molecule has 0 aliphatic carbocycles. The van der Waals surface area contributed by atoms with Crippen LogP contribution in [0.5, 0.6) is 0 Å². The molecule has 0 fully saturated rings. The Bertz CT molecular complexity index is 633. The minimum absolute atomic E-state index is 0.0744. The van der Waals surface area contributed by atoms with Gasteiger partial charge in [-0.3, -0.25) is 19.7 Å². The van der Waals surface area contributed by atoms with Crippen LogP contribution in [0.3, 0.4) is 0 Å². The van der Waals surface area contributed by atoms with Crippen molar-refractivity contribution >= 4 is 23.8 Å². The summed E-state index contributed by atoms with van der Waals surface area (Å²) in [6, 6.07) is 7.69.